The molecule has 0 spiro atoms. The maximum absolute atomic E-state index is 5.53. The molecule has 0 aromatic heterocycles. The summed E-state index contributed by atoms with van der Waals surface area (Å²) in [5, 5.41) is 0. The molecule has 78 valence electrons. The standard InChI is InChI=1S/C11H17NO2/c1-9-7-10(8-12)3-4-11(9)14-6-5-13-2/h3-4,7H,5-6,8,12H2,1-2H3. The van der Waals surface area contributed by atoms with E-state index in [0.717, 1.165) is 16.9 Å². The number of aryl methyl sites for hydroxylation is 1. The molecule has 1 rings (SSSR count). The van der Waals surface area contributed by atoms with Gasteiger partial charge in [0.15, 0.2) is 0 Å². The molecule has 0 bridgehead atoms. The summed E-state index contributed by atoms with van der Waals surface area (Å²) in [6.45, 7) is 3.78. The largest absolute Gasteiger partial charge is 0.491 e. The maximum atomic E-state index is 5.53. The fourth-order valence-electron chi connectivity index (χ4n) is 1.24. The van der Waals surface area contributed by atoms with Gasteiger partial charge in [-0.1, -0.05) is 12.1 Å². The van der Waals surface area contributed by atoms with Crippen LogP contribution in [0.2, 0.25) is 0 Å². The van der Waals surface area contributed by atoms with E-state index in [9.17, 15) is 0 Å². The molecular formula is C11H17NO2. The van der Waals surface area contributed by atoms with Gasteiger partial charge in [0.25, 0.3) is 0 Å². The van der Waals surface area contributed by atoms with Crippen LogP contribution in [0.25, 0.3) is 0 Å². The molecule has 0 unspecified atom stereocenters. The van der Waals surface area contributed by atoms with Crippen molar-refractivity contribution in [3.63, 3.8) is 0 Å². The van der Waals surface area contributed by atoms with E-state index in [-0.39, 0.29) is 0 Å². The van der Waals surface area contributed by atoms with Crippen LogP contribution >= 0.6 is 0 Å². The molecule has 0 fully saturated rings. The normalized spacial score (nSPS) is 10.2. The highest BCUT2D eigenvalue weighted by atomic mass is 16.5. The summed E-state index contributed by atoms with van der Waals surface area (Å²) in [5.41, 5.74) is 7.77. The van der Waals surface area contributed by atoms with Crippen molar-refractivity contribution in [1.29, 1.82) is 0 Å². The van der Waals surface area contributed by atoms with Crippen molar-refractivity contribution in [2.24, 2.45) is 5.73 Å². The van der Waals surface area contributed by atoms with E-state index >= 15 is 0 Å². The van der Waals surface area contributed by atoms with Crippen molar-refractivity contribution in [2.75, 3.05) is 20.3 Å². The van der Waals surface area contributed by atoms with Gasteiger partial charge in [-0.2, -0.15) is 0 Å². The number of nitrogens with two attached hydrogens (primary N) is 1. The van der Waals surface area contributed by atoms with Gasteiger partial charge in [-0.05, 0) is 24.1 Å². The third-order valence-corrected chi connectivity index (χ3v) is 2.02. The first-order valence-electron chi connectivity index (χ1n) is 4.69. The summed E-state index contributed by atoms with van der Waals surface area (Å²) in [5.74, 6) is 0.902. The zero-order valence-corrected chi connectivity index (χ0v) is 8.75. The smallest absolute Gasteiger partial charge is 0.122 e. The van der Waals surface area contributed by atoms with E-state index in [0.29, 0.717) is 19.8 Å². The van der Waals surface area contributed by atoms with E-state index < -0.39 is 0 Å². The molecule has 3 nitrogen and oxygen atoms in total. The lowest BCUT2D eigenvalue weighted by Crippen LogP contribution is -2.05. The Kier molecular flexibility index (Phi) is 4.43. The van der Waals surface area contributed by atoms with Gasteiger partial charge in [0, 0.05) is 13.7 Å². The van der Waals surface area contributed by atoms with Crippen LogP contribution in [0.3, 0.4) is 0 Å². The number of rotatable bonds is 5. The van der Waals surface area contributed by atoms with Crippen molar-refractivity contribution in [3.05, 3.63) is 29.3 Å². The lowest BCUT2D eigenvalue weighted by Gasteiger charge is -2.09. The van der Waals surface area contributed by atoms with Gasteiger partial charge in [-0.15, -0.1) is 0 Å². The molecule has 1 aromatic carbocycles. The number of ether oxygens (including phenoxy) is 2. The Labute approximate surface area is 84.8 Å². The molecular weight excluding hydrogens is 178 g/mol. The first-order valence-corrected chi connectivity index (χ1v) is 4.69. The van der Waals surface area contributed by atoms with Gasteiger partial charge in [0.05, 0.1) is 6.61 Å². The van der Waals surface area contributed by atoms with Gasteiger partial charge in [0.1, 0.15) is 12.4 Å². The minimum Gasteiger partial charge on any atom is -0.491 e. The fourth-order valence-corrected chi connectivity index (χ4v) is 1.24. The van der Waals surface area contributed by atoms with Crippen LogP contribution in [-0.4, -0.2) is 20.3 Å². The van der Waals surface area contributed by atoms with Gasteiger partial charge in [0.2, 0.25) is 0 Å². The average Bonchev–Trinajstić information content (AvgIpc) is 2.20. The maximum Gasteiger partial charge on any atom is 0.122 e. The molecule has 14 heavy (non-hydrogen) atoms. The van der Waals surface area contributed by atoms with Gasteiger partial charge < -0.3 is 15.2 Å². The third kappa shape index (κ3) is 3.01. The van der Waals surface area contributed by atoms with Crippen molar-refractivity contribution < 1.29 is 9.47 Å². The second-order valence-electron chi connectivity index (χ2n) is 3.15. The highest BCUT2D eigenvalue weighted by Crippen LogP contribution is 2.18. The zero-order chi connectivity index (χ0) is 10.4. The molecule has 0 saturated heterocycles. The summed E-state index contributed by atoms with van der Waals surface area (Å²) in [6.07, 6.45) is 0. The third-order valence-electron chi connectivity index (χ3n) is 2.02. The second-order valence-corrected chi connectivity index (χ2v) is 3.15. The van der Waals surface area contributed by atoms with Crippen LogP contribution in [0.15, 0.2) is 18.2 Å². The molecule has 0 radical (unpaired) electrons. The van der Waals surface area contributed by atoms with Gasteiger partial charge in [-0.3, -0.25) is 0 Å². The van der Waals surface area contributed by atoms with Crippen LogP contribution in [0.4, 0.5) is 0 Å². The quantitative estimate of drug-likeness (QED) is 0.724. The zero-order valence-electron chi connectivity index (χ0n) is 8.75. The van der Waals surface area contributed by atoms with Crippen molar-refractivity contribution in [1.82, 2.24) is 0 Å². The molecule has 0 aliphatic rings. The molecule has 3 heteroatoms. The van der Waals surface area contributed by atoms with Crippen molar-refractivity contribution in [3.8, 4) is 5.75 Å². The Morgan fingerprint density at radius 2 is 2.07 bits per heavy atom. The van der Waals surface area contributed by atoms with Crippen LogP contribution < -0.4 is 10.5 Å². The highest BCUT2D eigenvalue weighted by molar-refractivity contribution is 5.36. The molecule has 1 aromatic rings. The monoisotopic (exact) mass is 195 g/mol. The Morgan fingerprint density at radius 3 is 2.64 bits per heavy atom. The van der Waals surface area contributed by atoms with Crippen molar-refractivity contribution >= 4 is 0 Å². The van der Waals surface area contributed by atoms with Crippen LogP contribution in [0.1, 0.15) is 11.1 Å². The number of methoxy groups -OCH3 is 1. The predicted molar refractivity (Wildman–Crippen MR) is 56.4 cm³/mol. The molecule has 0 heterocycles. The predicted octanol–water partition coefficient (Wildman–Crippen LogP) is 1.48. The molecule has 0 aliphatic carbocycles. The minimum atomic E-state index is 0.569. The number of hydrogen-bond acceptors (Lipinski definition) is 3. The first-order chi connectivity index (χ1) is 6.77. The van der Waals surface area contributed by atoms with E-state index in [2.05, 4.69) is 0 Å². The summed E-state index contributed by atoms with van der Waals surface area (Å²) in [6, 6.07) is 5.98. The number of hydrogen-bond donors (Lipinski definition) is 1. The lowest BCUT2D eigenvalue weighted by atomic mass is 10.1. The summed E-state index contributed by atoms with van der Waals surface area (Å²) >= 11 is 0. The van der Waals surface area contributed by atoms with E-state index in [4.69, 9.17) is 15.2 Å². The molecule has 0 amide bonds. The fraction of sp³-hybridized carbons (Fsp3) is 0.455. The highest BCUT2D eigenvalue weighted by Gasteiger charge is 1.99. The minimum absolute atomic E-state index is 0.569. The van der Waals surface area contributed by atoms with Crippen LogP contribution in [0, 0.1) is 6.92 Å². The molecule has 2 N–H and O–H groups in total. The Bertz CT molecular complexity index is 287. The van der Waals surface area contributed by atoms with E-state index in [1.807, 2.05) is 25.1 Å². The summed E-state index contributed by atoms with van der Waals surface area (Å²) in [7, 11) is 1.66. The van der Waals surface area contributed by atoms with Crippen LogP contribution in [0.5, 0.6) is 5.75 Å². The molecule has 0 saturated carbocycles. The van der Waals surface area contributed by atoms with Crippen molar-refractivity contribution in [2.45, 2.75) is 13.5 Å². The van der Waals surface area contributed by atoms with Gasteiger partial charge >= 0.3 is 0 Å². The summed E-state index contributed by atoms with van der Waals surface area (Å²) < 4.78 is 10.4. The molecule has 0 atom stereocenters. The second kappa shape index (κ2) is 5.62. The molecule has 0 aliphatic heterocycles. The van der Waals surface area contributed by atoms with E-state index in [1.54, 1.807) is 7.11 Å². The SMILES string of the molecule is COCCOc1ccc(CN)cc1C. The van der Waals surface area contributed by atoms with E-state index in [1.165, 1.54) is 0 Å². The number of benzene rings is 1. The average molecular weight is 195 g/mol. The Morgan fingerprint density at radius 1 is 1.29 bits per heavy atom. The summed E-state index contributed by atoms with van der Waals surface area (Å²) in [4.78, 5) is 0. The Hall–Kier alpha value is -1.06. The lowest BCUT2D eigenvalue weighted by molar-refractivity contribution is 0.146. The Balaban J connectivity index is 2.59. The van der Waals surface area contributed by atoms with Crippen LogP contribution in [-0.2, 0) is 11.3 Å². The first kappa shape index (κ1) is 11.0. The van der Waals surface area contributed by atoms with Gasteiger partial charge in [-0.25, -0.2) is 0 Å². The topological polar surface area (TPSA) is 44.5 Å².